The highest BCUT2D eigenvalue weighted by Gasteiger charge is 2.18. The maximum atomic E-state index is 11.9. The molecule has 24 heavy (non-hydrogen) atoms. The molecule has 1 amide bonds. The van der Waals surface area contributed by atoms with Crippen molar-refractivity contribution in [3.63, 3.8) is 0 Å². The molecule has 0 unspecified atom stereocenters. The molecule has 1 aromatic rings. The van der Waals surface area contributed by atoms with E-state index in [9.17, 15) is 4.79 Å². The molecule has 0 spiro atoms. The normalized spacial score (nSPS) is 13.3. The molecule has 0 aliphatic heterocycles. The van der Waals surface area contributed by atoms with E-state index in [2.05, 4.69) is 6.58 Å². The fourth-order valence-corrected chi connectivity index (χ4v) is 2.36. The second-order valence-corrected chi connectivity index (χ2v) is 5.88. The number of carbonyl (C=O) groups is 1. The van der Waals surface area contributed by atoms with Crippen molar-refractivity contribution in [3.05, 3.63) is 48.6 Å². The van der Waals surface area contributed by atoms with E-state index in [0.717, 1.165) is 18.4 Å². The molecule has 0 bridgehead atoms. The van der Waals surface area contributed by atoms with Crippen LogP contribution in [0.4, 0.5) is 0 Å². The minimum atomic E-state index is -0.0392. The summed E-state index contributed by atoms with van der Waals surface area (Å²) in [6.45, 7) is 6.55. The van der Waals surface area contributed by atoms with Gasteiger partial charge >= 0.3 is 0 Å². The number of hydrogen-bond acceptors (Lipinski definition) is 4. The molecule has 1 rings (SSSR count). The first-order valence-electron chi connectivity index (χ1n) is 8.21. The third-order valence-electron chi connectivity index (χ3n) is 3.74. The average molecular weight is 335 g/mol. The van der Waals surface area contributed by atoms with E-state index in [1.54, 1.807) is 7.05 Å². The van der Waals surface area contributed by atoms with Crippen molar-refractivity contribution in [1.29, 1.82) is 0 Å². The molecule has 2 atom stereocenters. The van der Waals surface area contributed by atoms with Gasteiger partial charge in [-0.05, 0) is 24.3 Å². The quantitative estimate of drug-likeness (QED) is 0.254. The lowest BCUT2D eigenvalue weighted by Gasteiger charge is -2.22. The zero-order valence-electron chi connectivity index (χ0n) is 14.9. The van der Waals surface area contributed by atoms with Crippen molar-refractivity contribution >= 4 is 5.91 Å². The summed E-state index contributed by atoms with van der Waals surface area (Å²) in [5.41, 5.74) is 1.11. The standard InChI is InChI=1S/C19H29NO4/c1-5-9-18(12-16(2)13-19(21)20(3)22-4)24-15-23-14-17-10-7-6-8-11-17/h5-8,10-11,16,18H,1,9,12-15H2,2-4H3/t16-,18+/m1/s1. The summed E-state index contributed by atoms with van der Waals surface area (Å²) < 4.78 is 11.4. The van der Waals surface area contributed by atoms with Crippen LogP contribution in [0, 0.1) is 5.92 Å². The van der Waals surface area contributed by atoms with Gasteiger partial charge in [-0.3, -0.25) is 9.63 Å². The molecule has 0 fully saturated rings. The average Bonchev–Trinajstić information content (AvgIpc) is 2.58. The number of nitrogens with zero attached hydrogens (tertiary/aromatic N) is 1. The highest BCUT2D eigenvalue weighted by molar-refractivity contribution is 5.74. The Morgan fingerprint density at radius 1 is 1.33 bits per heavy atom. The molecule has 5 nitrogen and oxygen atoms in total. The lowest BCUT2D eigenvalue weighted by Crippen LogP contribution is -2.28. The number of amides is 1. The van der Waals surface area contributed by atoms with Crippen molar-refractivity contribution in [1.82, 2.24) is 5.06 Å². The first kappa shape index (κ1) is 20.4. The van der Waals surface area contributed by atoms with Crippen molar-refractivity contribution < 1.29 is 19.1 Å². The SMILES string of the molecule is C=CC[C@@H](C[C@@H](C)CC(=O)N(C)OC)OCOCc1ccccc1. The Balaban J connectivity index is 2.32. The number of ether oxygens (including phenoxy) is 2. The number of hydrogen-bond donors (Lipinski definition) is 0. The van der Waals surface area contributed by atoms with Gasteiger partial charge in [-0.25, -0.2) is 5.06 Å². The van der Waals surface area contributed by atoms with Gasteiger partial charge in [0.05, 0.1) is 19.8 Å². The molecular formula is C19H29NO4. The second kappa shape index (κ2) is 11.8. The van der Waals surface area contributed by atoms with E-state index in [4.69, 9.17) is 14.3 Å². The summed E-state index contributed by atoms with van der Waals surface area (Å²) in [5, 5.41) is 1.25. The van der Waals surface area contributed by atoms with Gasteiger partial charge in [-0.1, -0.05) is 43.3 Å². The lowest BCUT2D eigenvalue weighted by molar-refractivity contribution is -0.170. The van der Waals surface area contributed by atoms with Crippen LogP contribution in [-0.4, -0.2) is 38.0 Å². The Morgan fingerprint density at radius 2 is 2.04 bits per heavy atom. The van der Waals surface area contributed by atoms with Crippen LogP contribution in [-0.2, 0) is 25.7 Å². The van der Waals surface area contributed by atoms with Crippen LogP contribution in [0.15, 0.2) is 43.0 Å². The first-order valence-corrected chi connectivity index (χ1v) is 8.21. The molecule has 134 valence electrons. The predicted octanol–water partition coefficient (Wildman–Crippen LogP) is 3.56. The van der Waals surface area contributed by atoms with Gasteiger partial charge in [0.2, 0.25) is 5.91 Å². The topological polar surface area (TPSA) is 48.0 Å². The molecule has 0 N–H and O–H groups in total. The molecule has 1 aromatic carbocycles. The third kappa shape index (κ3) is 8.24. The van der Waals surface area contributed by atoms with Crippen molar-refractivity contribution in [2.24, 2.45) is 5.92 Å². The molecule has 0 aromatic heterocycles. The molecule has 0 saturated carbocycles. The number of benzene rings is 1. The van der Waals surface area contributed by atoms with Crippen LogP contribution in [0.2, 0.25) is 0 Å². The minimum absolute atomic E-state index is 0.00563. The summed E-state index contributed by atoms with van der Waals surface area (Å²) in [6.07, 6.45) is 3.75. The second-order valence-electron chi connectivity index (χ2n) is 5.88. The van der Waals surface area contributed by atoms with E-state index >= 15 is 0 Å². The Morgan fingerprint density at radius 3 is 2.67 bits per heavy atom. The monoisotopic (exact) mass is 335 g/mol. The van der Waals surface area contributed by atoms with Crippen LogP contribution < -0.4 is 0 Å². The summed E-state index contributed by atoms with van der Waals surface area (Å²) in [6, 6.07) is 9.97. The van der Waals surface area contributed by atoms with E-state index < -0.39 is 0 Å². The van der Waals surface area contributed by atoms with Crippen molar-refractivity contribution in [2.75, 3.05) is 21.0 Å². The van der Waals surface area contributed by atoms with Gasteiger partial charge in [0, 0.05) is 13.5 Å². The molecule has 0 saturated heterocycles. The minimum Gasteiger partial charge on any atom is -0.352 e. The van der Waals surface area contributed by atoms with E-state index in [1.165, 1.54) is 12.2 Å². The Hall–Kier alpha value is -1.69. The molecule has 0 aliphatic rings. The molecule has 5 heteroatoms. The van der Waals surface area contributed by atoms with Gasteiger partial charge < -0.3 is 9.47 Å². The van der Waals surface area contributed by atoms with Crippen LogP contribution >= 0.6 is 0 Å². The summed E-state index contributed by atoms with van der Waals surface area (Å²) in [7, 11) is 3.10. The number of carbonyl (C=O) groups excluding carboxylic acids is 1. The molecular weight excluding hydrogens is 306 g/mol. The zero-order valence-corrected chi connectivity index (χ0v) is 14.9. The summed E-state index contributed by atoms with van der Waals surface area (Å²) >= 11 is 0. The Kier molecular flexibility index (Phi) is 10.00. The van der Waals surface area contributed by atoms with Gasteiger partial charge in [0.25, 0.3) is 0 Å². The Bertz CT molecular complexity index is 478. The highest BCUT2D eigenvalue weighted by atomic mass is 16.7. The molecule has 0 radical (unpaired) electrons. The maximum absolute atomic E-state index is 11.9. The van der Waals surface area contributed by atoms with Crippen LogP contribution in [0.5, 0.6) is 0 Å². The van der Waals surface area contributed by atoms with E-state index in [1.807, 2.05) is 43.3 Å². The van der Waals surface area contributed by atoms with Crippen LogP contribution in [0.3, 0.4) is 0 Å². The summed E-state index contributed by atoms with van der Waals surface area (Å²) in [5.74, 6) is 0.150. The third-order valence-corrected chi connectivity index (χ3v) is 3.74. The largest absolute Gasteiger partial charge is 0.352 e. The first-order chi connectivity index (χ1) is 11.6. The predicted molar refractivity (Wildman–Crippen MR) is 94.0 cm³/mol. The number of hydroxylamine groups is 2. The zero-order chi connectivity index (χ0) is 17.8. The fourth-order valence-electron chi connectivity index (χ4n) is 2.36. The van der Waals surface area contributed by atoms with Gasteiger partial charge in [0.1, 0.15) is 6.79 Å². The molecule has 0 heterocycles. The van der Waals surface area contributed by atoms with E-state index in [0.29, 0.717) is 13.0 Å². The molecule has 0 aliphatic carbocycles. The lowest BCUT2D eigenvalue weighted by atomic mass is 9.98. The maximum Gasteiger partial charge on any atom is 0.246 e. The van der Waals surface area contributed by atoms with E-state index in [-0.39, 0.29) is 24.7 Å². The highest BCUT2D eigenvalue weighted by Crippen LogP contribution is 2.17. The van der Waals surface area contributed by atoms with Gasteiger partial charge in [0.15, 0.2) is 0 Å². The number of rotatable bonds is 12. The Labute approximate surface area is 145 Å². The van der Waals surface area contributed by atoms with Crippen LogP contribution in [0.1, 0.15) is 31.7 Å². The van der Waals surface area contributed by atoms with Crippen molar-refractivity contribution in [3.8, 4) is 0 Å². The van der Waals surface area contributed by atoms with Crippen LogP contribution in [0.25, 0.3) is 0 Å². The van der Waals surface area contributed by atoms with Crippen molar-refractivity contribution in [2.45, 2.75) is 38.9 Å². The fraction of sp³-hybridized carbons (Fsp3) is 0.526. The summed E-state index contributed by atoms with van der Waals surface area (Å²) in [4.78, 5) is 16.8. The van der Waals surface area contributed by atoms with Gasteiger partial charge in [-0.15, -0.1) is 6.58 Å². The van der Waals surface area contributed by atoms with Gasteiger partial charge in [-0.2, -0.15) is 0 Å². The smallest absolute Gasteiger partial charge is 0.246 e.